The summed E-state index contributed by atoms with van der Waals surface area (Å²) in [7, 11) is 1.66. The molecule has 0 saturated carbocycles. The van der Waals surface area contributed by atoms with Crippen LogP contribution in [0.5, 0.6) is 5.75 Å². The fourth-order valence-electron chi connectivity index (χ4n) is 2.51. The molecule has 0 aliphatic heterocycles. The maximum absolute atomic E-state index is 10.7. The molecule has 0 spiro atoms. The molecule has 0 aromatic heterocycles. The van der Waals surface area contributed by atoms with E-state index < -0.39 is 4.92 Å². The Morgan fingerprint density at radius 2 is 1.61 bits per heavy atom. The fraction of sp³-hybridized carbons (Fsp3) is 0.0526. The van der Waals surface area contributed by atoms with Gasteiger partial charge in [0.25, 0.3) is 5.69 Å². The minimum Gasteiger partial charge on any atom is -0.496 e. The molecule has 0 heterocycles. The van der Waals surface area contributed by atoms with E-state index in [1.807, 2.05) is 48.6 Å². The Morgan fingerprint density at radius 1 is 0.913 bits per heavy atom. The lowest BCUT2D eigenvalue weighted by Crippen LogP contribution is -1.87. The van der Waals surface area contributed by atoms with Gasteiger partial charge in [0.1, 0.15) is 5.75 Å². The van der Waals surface area contributed by atoms with Crippen molar-refractivity contribution < 1.29 is 9.66 Å². The predicted molar refractivity (Wildman–Crippen MR) is 92.5 cm³/mol. The maximum Gasteiger partial charge on any atom is 0.269 e. The highest BCUT2D eigenvalue weighted by Crippen LogP contribution is 2.29. The number of nitro benzene ring substituents is 1. The van der Waals surface area contributed by atoms with Crippen LogP contribution in [0, 0.1) is 10.1 Å². The molecule has 23 heavy (non-hydrogen) atoms. The van der Waals surface area contributed by atoms with Crippen LogP contribution in [-0.4, -0.2) is 12.0 Å². The van der Waals surface area contributed by atoms with E-state index in [0.717, 1.165) is 27.6 Å². The van der Waals surface area contributed by atoms with Crippen molar-refractivity contribution in [3.63, 3.8) is 0 Å². The van der Waals surface area contributed by atoms with Gasteiger partial charge in [0, 0.05) is 17.5 Å². The SMILES string of the molecule is COc1ccc(/C=C\c2ccc([N+](=O)[O-])cc2)c2ccccc12. The number of nitrogens with zero attached hydrogens (tertiary/aromatic N) is 1. The Labute approximate surface area is 133 Å². The molecule has 0 N–H and O–H groups in total. The molecule has 4 nitrogen and oxygen atoms in total. The largest absolute Gasteiger partial charge is 0.496 e. The highest BCUT2D eigenvalue weighted by Gasteiger charge is 2.05. The minimum absolute atomic E-state index is 0.0945. The zero-order chi connectivity index (χ0) is 16.2. The van der Waals surface area contributed by atoms with Crippen molar-refractivity contribution in [3.05, 3.63) is 81.9 Å². The molecule has 3 rings (SSSR count). The van der Waals surface area contributed by atoms with Gasteiger partial charge >= 0.3 is 0 Å². The van der Waals surface area contributed by atoms with Gasteiger partial charge in [0.05, 0.1) is 12.0 Å². The molecule has 4 heteroatoms. The number of non-ortho nitro benzene ring substituents is 1. The second-order valence-corrected chi connectivity index (χ2v) is 5.08. The average Bonchev–Trinajstić information content (AvgIpc) is 2.60. The van der Waals surface area contributed by atoms with E-state index in [2.05, 4.69) is 0 Å². The maximum atomic E-state index is 10.7. The Morgan fingerprint density at radius 3 is 2.26 bits per heavy atom. The summed E-state index contributed by atoms with van der Waals surface area (Å²) in [6.45, 7) is 0. The third kappa shape index (κ3) is 3.06. The first kappa shape index (κ1) is 14.8. The monoisotopic (exact) mass is 305 g/mol. The van der Waals surface area contributed by atoms with E-state index in [-0.39, 0.29) is 5.69 Å². The minimum atomic E-state index is -0.398. The number of fused-ring (bicyclic) bond motifs is 1. The molecular formula is C19H15NO3. The van der Waals surface area contributed by atoms with Crippen LogP contribution >= 0.6 is 0 Å². The van der Waals surface area contributed by atoms with Gasteiger partial charge in [-0.2, -0.15) is 0 Å². The molecule has 0 saturated heterocycles. The van der Waals surface area contributed by atoms with Crippen molar-refractivity contribution in [1.29, 1.82) is 0 Å². The lowest BCUT2D eigenvalue weighted by atomic mass is 10.0. The second kappa shape index (κ2) is 6.32. The van der Waals surface area contributed by atoms with Gasteiger partial charge in [0.15, 0.2) is 0 Å². The number of hydrogen-bond donors (Lipinski definition) is 0. The van der Waals surface area contributed by atoms with E-state index in [1.165, 1.54) is 12.1 Å². The van der Waals surface area contributed by atoms with Crippen LogP contribution in [0.3, 0.4) is 0 Å². The van der Waals surface area contributed by atoms with Gasteiger partial charge in [-0.05, 0) is 34.7 Å². The summed E-state index contributed by atoms with van der Waals surface area (Å²) in [5.74, 6) is 0.841. The van der Waals surface area contributed by atoms with Gasteiger partial charge in [-0.15, -0.1) is 0 Å². The van der Waals surface area contributed by atoms with Crippen LogP contribution < -0.4 is 4.74 Å². The van der Waals surface area contributed by atoms with Crippen molar-refractivity contribution >= 4 is 28.6 Å². The third-order valence-electron chi connectivity index (χ3n) is 3.70. The first-order chi connectivity index (χ1) is 11.2. The van der Waals surface area contributed by atoms with E-state index in [4.69, 9.17) is 4.74 Å². The summed E-state index contributed by atoms with van der Waals surface area (Å²) < 4.78 is 5.39. The van der Waals surface area contributed by atoms with Crippen LogP contribution in [0.2, 0.25) is 0 Å². The Balaban J connectivity index is 1.96. The van der Waals surface area contributed by atoms with E-state index in [1.54, 1.807) is 19.2 Å². The van der Waals surface area contributed by atoms with Gasteiger partial charge in [-0.25, -0.2) is 0 Å². The fourth-order valence-corrected chi connectivity index (χ4v) is 2.51. The molecule has 0 fully saturated rings. The summed E-state index contributed by atoms with van der Waals surface area (Å²) >= 11 is 0. The molecule has 114 valence electrons. The molecule has 0 atom stereocenters. The van der Waals surface area contributed by atoms with Crippen LogP contribution in [0.25, 0.3) is 22.9 Å². The van der Waals surface area contributed by atoms with Crippen molar-refractivity contribution in [1.82, 2.24) is 0 Å². The molecule has 0 unspecified atom stereocenters. The van der Waals surface area contributed by atoms with Gasteiger partial charge in [-0.1, -0.05) is 42.5 Å². The normalized spacial score (nSPS) is 11.0. The number of nitro groups is 1. The first-order valence-electron chi connectivity index (χ1n) is 7.17. The van der Waals surface area contributed by atoms with Crippen molar-refractivity contribution in [2.75, 3.05) is 7.11 Å². The summed E-state index contributed by atoms with van der Waals surface area (Å²) in [4.78, 5) is 10.3. The van der Waals surface area contributed by atoms with E-state index in [0.29, 0.717) is 0 Å². The zero-order valence-electron chi connectivity index (χ0n) is 12.6. The summed E-state index contributed by atoms with van der Waals surface area (Å²) in [6, 6.07) is 18.5. The standard InChI is InChI=1S/C19H15NO3/c1-23-19-13-10-15(17-4-2-3-5-18(17)19)9-6-14-7-11-16(12-8-14)20(21)22/h2-13H,1H3/b9-6-. The number of rotatable bonds is 4. The topological polar surface area (TPSA) is 52.4 Å². The Bertz CT molecular complexity index is 883. The molecule has 0 amide bonds. The molecule has 0 aliphatic carbocycles. The lowest BCUT2D eigenvalue weighted by molar-refractivity contribution is -0.384. The van der Waals surface area contributed by atoms with Crippen LogP contribution in [0.15, 0.2) is 60.7 Å². The van der Waals surface area contributed by atoms with Crippen LogP contribution in [0.1, 0.15) is 11.1 Å². The van der Waals surface area contributed by atoms with Crippen molar-refractivity contribution in [2.45, 2.75) is 0 Å². The number of methoxy groups -OCH3 is 1. The van der Waals surface area contributed by atoms with Crippen LogP contribution in [0.4, 0.5) is 5.69 Å². The molecule has 3 aromatic carbocycles. The summed E-state index contributed by atoms with van der Waals surface area (Å²) in [6.07, 6.45) is 3.95. The first-order valence-corrected chi connectivity index (χ1v) is 7.17. The van der Waals surface area contributed by atoms with Crippen molar-refractivity contribution in [2.24, 2.45) is 0 Å². The average molecular weight is 305 g/mol. The number of ether oxygens (including phenoxy) is 1. The molecule has 3 aromatic rings. The smallest absolute Gasteiger partial charge is 0.269 e. The quantitative estimate of drug-likeness (QED) is 0.390. The summed E-state index contributed by atoms with van der Waals surface area (Å²) in [5.41, 5.74) is 2.08. The summed E-state index contributed by atoms with van der Waals surface area (Å²) in [5, 5.41) is 12.8. The number of benzene rings is 3. The Kier molecular flexibility index (Phi) is 4.06. The highest BCUT2D eigenvalue weighted by atomic mass is 16.6. The molecule has 0 aliphatic rings. The number of hydrogen-bond acceptors (Lipinski definition) is 3. The van der Waals surface area contributed by atoms with E-state index >= 15 is 0 Å². The molecule has 0 bridgehead atoms. The van der Waals surface area contributed by atoms with Gasteiger partial charge < -0.3 is 4.74 Å². The molecule has 0 radical (unpaired) electrons. The highest BCUT2D eigenvalue weighted by molar-refractivity contribution is 5.96. The van der Waals surface area contributed by atoms with Gasteiger partial charge in [0.2, 0.25) is 0 Å². The van der Waals surface area contributed by atoms with E-state index in [9.17, 15) is 10.1 Å². The van der Waals surface area contributed by atoms with Gasteiger partial charge in [-0.3, -0.25) is 10.1 Å². The Hall–Kier alpha value is -3.14. The second-order valence-electron chi connectivity index (χ2n) is 5.08. The van der Waals surface area contributed by atoms with Crippen LogP contribution in [-0.2, 0) is 0 Å². The predicted octanol–water partition coefficient (Wildman–Crippen LogP) is 4.93. The molecular weight excluding hydrogens is 290 g/mol. The van der Waals surface area contributed by atoms with Crippen molar-refractivity contribution in [3.8, 4) is 5.75 Å². The lowest BCUT2D eigenvalue weighted by Gasteiger charge is -2.07. The third-order valence-corrected chi connectivity index (χ3v) is 3.70. The zero-order valence-corrected chi connectivity index (χ0v) is 12.6.